The van der Waals surface area contributed by atoms with E-state index in [1.165, 1.54) is 16.7 Å². The highest BCUT2D eigenvalue weighted by Crippen LogP contribution is 2.17. The van der Waals surface area contributed by atoms with Crippen molar-refractivity contribution in [2.24, 2.45) is 5.92 Å². The normalized spacial score (nSPS) is 12.1. The van der Waals surface area contributed by atoms with Crippen LogP contribution in [0, 0.1) is 25.6 Å². The average molecular weight is 433 g/mol. The van der Waals surface area contributed by atoms with E-state index < -0.39 is 11.4 Å². The molecule has 0 aliphatic rings. The Kier molecular flexibility index (Phi) is 5.85. The Labute approximate surface area is 184 Å². The van der Waals surface area contributed by atoms with Gasteiger partial charge in [0, 0.05) is 30.9 Å². The van der Waals surface area contributed by atoms with Crippen LogP contribution in [0.1, 0.15) is 30.3 Å². The maximum Gasteiger partial charge on any atom is 0.300 e. The number of halogens is 1. The van der Waals surface area contributed by atoms with Gasteiger partial charge in [0.05, 0.1) is 5.69 Å². The summed E-state index contributed by atoms with van der Waals surface area (Å²) in [4.78, 5) is 25.3. The zero-order valence-electron chi connectivity index (χ0n) is 18.2. The van der Waals surface area contributed by atoms with E-state index in [2.05, 4.69) is 21.6 Å². The molecule has 4 aromatic rings. The van der Waals surface area contributed by atoms with Gasteiger partial charge in [-0.25, -0.2) is 4.39 Å². The molecule has 4 rings (SSSR count). The summed E-state index contributed by atoms with van der Waals surface area (Å²) in [5, 5.41) is 11.1. The summed E-state index contributed by atoms with van der Waals surface area (Å²) in [6.07, 6.45) is 4.03. The minimum Gasteiger partial charge on any atom is -0.326 e. The maximum absolute atomic E-state index is 13.5. The lowest BCUT2D eigenvalue weighted by Gasteiger charge is -2.12. The van der Waals surface area contributed by atoms with Crippen molar-refractivity contribution in [3.63, 3.8) is 0 Å². The molecule has 1 amide bonds. The summed E-state index contributed by atoms with van der Waals surface area (Å²) in [5.74, 6) is 0.0725. The molecule has 0 aliphatic heterocycles. The number of carbonyl (C=O) groups excluding carboxylic acids is 1. The largest absolute Gasteiger partial charge is 0.326 e. The molecular weight excluding hydrogens is 409 g/mol. The summed E-state index contributed by atoms with van der Waals surface area (Å²) < 4.78 is 16.5. The Balaban J connectivity index is 1.48. The zero-order valence-corrected chi connectivity index (χ0v) is 18.2. The van der Waals surface area contributed by atoms with Gasteiger partial charge in [-0.05, 0) is 61.2 Å². The van der Waals surface area contributed by atoms with Gasteiger partial charge in [0.2, 0.25) is 11.6 Å². The highest BCUT2D eigenvalue weighted by molar-refractivity contribution is 5.91. The Morgan fingerprint density at radius 1 is 1.09 bits per heavy atom. The second-order valence-corrected chi connectivity index (χ2v) is 8.20. The Morgan fingerprint density at radius 3 is 2.56 bits per heavy atom. The maximum atomic E-state index is 13.5. The van der Waals surface area contributed by atoms with Crippen LogP contribution in [-0.4, -0.2) is 25.1 Å². The van der Waals surface area contributed by atoms with Crippen molar-refractivity contribution in [2.45, 2.75) is 33.6 Å². The molecule has 32 heavy (non-hydrogen) atoms. The monoisotopic (exact) mass is 433 g/mol. The van der Waals surface area contributed by atoms with E-state index in [-0.39, 0.29) is 17.5 Å². The first kappa shape index (κ1) is 21.4. The molecule has 2 heterocycles. The molecule has 0 saturated heterocycles. The topological polar surface area (TPSA) is 81.3 Å². The Morgan fingerprint density at radius 2 is 1.84 bits per heavy atom. The number of carbonyl (C=O) groups is 1. The van der Waals surface area contributed by atoms with Crippen LogP contribution >= 0.6 is 0 Å². The first-order chi connectivity index (χ1) is 15.3. The van der Waals surface area contributed by atoms with Gasteiger partial charge in [-0.3, -0.25) is 18.6 Å². The van der Waals surface area contributed by atoms with E-state index in [0.717, 1.165) is 16.8 Å². The van der Waals surface area contributed by atoms with Crippen molar-refractivity contribution in [1.82, 2.24) is 19.2 Å². The highest BCUT2D eigenvalue weighted by atomic mass is 19.1. The lowest BCUT2D eigenvalue weighted by atomic mass is 10.0. The van der Waals surface area contributed by atoms with Crippen molar-refractivity contribution in [1.29, 1.82) is 0 Å². The van der Waals surface area contributed by atoms with Gasteiger partial charge in [-0.2, -0.15) is 0 Å². The number of aromatic nitrogens is 4. The third kappa shape index (κ3) is 4.59. The van der Waals surface area contributed by atoms with E-state index in [0.29, 0.717) is 24.4 Å². The number of rotatable bonds is 6. The van der Waals surface area contributed by atoms with Gasteiger partial charge in [0.1, 0.15) is 11.6 Å². The molecule has 0 aliphatic carbocycles. The van der Waals surface area contributed by atoms with Gasteiger partial charge in [-0.1, -0.05) is 19.1 Å². The van der Waals surface area contributed by atoms with E-state index in [1.54, 1.807) is 28.9 Å². The van der Waals surface area contributed by atoms with Gasteiger partial charge < -0.3 is 5.32 Å². The SMILES string of the molecule is Cc1cc(C)cc(NC(=O)C[C@H](C)Cc2nnc3c(=O)n(-c4cccc(F)c4)ccn23)c1. The number of fused-ring (bicyclic) bond motifs is 1. The van der Waals surface area contributed by atoms with Crippen LogP contribution in [0.4, 0.5) is 10.1 Å². The van der Waals surface area contributed by atoms with Crippen LogP contribution < -0.4 is 10.9 Å². The molecule has 2 aromatic heterocycles. The number of amides is 1. The molecule has 1 atom stereocenters. The van der Waals surface area contributed by atoms with Gasteiger partial charge >= 0.3 is 5.56 Å². The Bertz CT molecular complexity index is 1340. The molecular formula is C24H24FN5O2. The number of hydrogen-bond acceptors (Lipinski definition) is 4. The fourth-order valence-corrected chi connectivity index (χ4v) is 3.86. The molecule has 0 fully saturated rings. The summed E-state index contributed by atoms with van der Waals surface area (Å²) in [6.45, 7) is 5.93. The summed E-state index contributed by atoms with van der Waals surface area (Å²) in [7, 11) is 0. The molecule has 1 N–H and O–H groups in total. The van der Waals surface area contributed by atoms with Crippen molar-refractivity contribution in [2.75, 3.05) is 5.32 Å². The fourth-order valence-electron chi connectivity index (χ4n) is 3.86. The number of anilines is 1. The second-order valence-electron chi connectivity index (χ2n) is 8.20. The third-order valence-corrected chi connectivity index (χ3v) is 5.20. The lowest BCUT2D eigenvalue weighted by Crippen LogP contribution is -2.21. The molecule has 8 heteroatoms. The standard InChI is InChI=1S/C24H24FN5O2/c1-15-9-16(2)11-19(10-15)26-22(31)13-17(3)12-21-27-28-23-24(32)29(7-8-30(21)23)20-6-4-5-18(25)14-20/h4-11,14,17H,12-13H2,1-3H3,(H,26,31)/t17-/m1/s1. The van der Waals surface area contributed by atoms with Crippen molar-refractivity contribution in [3.05, 3.63) is 88.0 Å². The van der Waals surface area contributed by atoms with Crippen molar-refractivity contribution >= 4 is 17.2 Å². The smallest absolute Gasteiger partial charge is 0.300 e. The molecule has 0 spiro atoms. The Hall–Kier alpha value is -3.81. The lowest BCUT2D eigenvalue weighted by molar-refractivity contribution is -0.116. The molecule has 0 bridgehead atoms. The first-order valence-electron chi connectivity index (χ1n) is 10.4. The number of benzene rings is 2. The molecule has 0 saturated carbocycles. The summed E-state index contributed by atoms with van der Waals surface area (Å²) in [6, 6.07) is 11.7. The number of nitrogens with one attached hydrogen (secondary N) is 1. The summed E-state index contributed by atoms with van der Waals surface area (Å²) >= 11 is 0. The zero-order chi connectivity index (χ0) is 22.8. The van der Waals surface area contributed by atoms with Crippen LogP contribution in [0.3, 0.4) is 0 Å². The van der Waals surface area contributed by atoms with E-state index >= 15 is 0 Å². The van der Waals surface area contributed by atoms with Gasteiger partial charge in [-0.15, -0.1) is 10.2 Å². The first-order valence-corrected chi connectivity index (χ1v) is 10.4. The van der Waals surface area contributed by atoms with Gasteiger partial charge in [0.25, 0.3) is 0 Å². The third-order valence-electron chi connectivity index (χ3n) is 5.20. The van der Waals surface area contributed by atoms with E-state index in [9.17, 15) is 14.0 Å². The van der Waals surface area contributed by atoms with E-state index in [1.807, 2.05) is 32.9 Å². The summed E-state index contributed by atoms with van der Waals surface area (Å²) in [5.41, 5.74) is 3.14. The molecule has 164 valence electrons. The number of aryl methyl sites for hydroxylation is 2. The second kappa shape index (κ2) is 8.74. The van der Waals surface area contributed by atoms with Crippen LogP contribution in [-0.2, 0) is 11.2 Å². The molecule has 0 radical (unpaired) electrons. The predicted octanol–water partition coefficient (Wildman–Crippen LogP) is 3.84. The van der Waals surface area contributed by atoms with Crippen molar-refractivity contribution < 1.29 is 9.18 Å². The van der Waals surface area contributed by atoms with Crippen LogP contribution in [0.15, 0.2) is 59.7 Å². The predicted molar refractivity (Wildman–Crippen MR) is 121 cm³/mol. The van der Waals surface area contributed by atoms with Crippen LogP contribution in [0.25, 0.3) is 11.3 Å². The highest BCUT2D eigenvalue weighted by Gasteiger charge is 2.16. The fraction of sp³-hybridized carbons (Fsp3) is 0.250. The van der Waals surface area contributed by atoms with Gasteiger partial charge in [0.15, 0.2) is 0 Å². The molecule has 2 aromatic carbocycles. The molecule has 7 nitrogen and oxygen atoms in total. The molecule has 0 unspecified atom stereocenters. The average Bonchev–Trinajstić information content (AvgIpc) is 3.10. The minimum absolute atomic E-state index is 0.0149. The number of nitrogens with zero attached hydrogens (tertiary/aromatic N) is 4. The van der Waals surface area contributed by atoms with Crippen LogP contribution in [0.5, 0.6) is 0 Å². The number of hydrogen-bond donors (Lipinski definition) is 1. The minimum atomic E-state index is -0.427. The van der Waals surface area contributed by atoms with Crippen LogP contribution in [0.2, 0.25) is 0 Å². The van der Waals surface area contributed by atoms with Crippen molar-refractivity contribution in [3.8, 4) is 5.69 Å². The van der Waals surface area contributed by atoms with E-state index in [4.69, 9.17) is 0 Å². The quantitative estimate of drug-likeness (QED) is 0.501.